The van der Waals surface area contributed by atoms with Crippen LogP contribution in [0.5, 0.6) is 5.75 Å². The summed E-state index contributed by atoms with van der Waals surface area (Å²) in [6.07, 6.45) is 0. The van der Waals surface area contributed by atoms with E-state index in [2.05, 4.69) is 19.2 Å². The maximum absolute atomic E-state index is 13.1. The normalized spacial score (nSPS) is 14.1. The third kappa shape index (κ3) is 4.54. The van der Waals surface area contributed by atoms with Crippen LogP contribution in [0, 0.1) is 0 Å². The lowest BCUT2D eigenvalue weighted by Gasteiger charge is -2.14. The Bertz CT molecular complexity index is 931. The molecule has 30 heavy (non-hydrogen) atoms. The molecule has 0 aliphatic carbocycles. The third-order valence-electron chi connectivity index (χ3n) is 4.99. The molecule has 6 nitrogen and oxygen atoms in total. The van der Waals surface area contributed by atoms with Crippen LogP contribution in [0.4, 0.5) is 5.69 Å². The minimum absolute atomic E-state index is 0.201. The second kappa shape index (κ2) is 9.59. The molecule has 1 aliphatic rings. The lowest BCUT2D eigenvalue weighted by atomic mass is 10.0. The molecule has 1 heterocycles. The van der Waals surface area contributed by atoms with E-state index in [-0.39, 0.29) is 30.7 Å². The van der Waals surface area contributed by atoms with Gasteiger partial charge in [-0.3, -0.25) is 14.5 Å². The van der Waals surface area contributed by atoms with Crippen molar-refractivity contribution in [2.24, 2.45) is 0 Å². The molecule has 0 atom stereocenters. The van der Waals surface area contributed by atoms with Crippen LogP contribution < -0.4 is 10.1 Å². The highest BCUT2D eigenvalue weighted by Gasteiger charge is 2.38. The summed E-state index contributed by atoms with van der Waals surface area (Å²) in [6.45, 7) is 7.21. The summed E-state index contributed by atoms with van der Waals surface area (Å²) in [5, 5.41) is 3.18. The van der Waals surface area contributed by atoms with Gasteiger partial charge in [0.1, 0.15) is 11.4 Å². The highest BCUT2D eigenvalue weighted by atomic mass is 16.5. The van der Waals surface area contributed by atoms with Crippen molar-refractivity contribution < 1.29 is 19.1 Å². The molecule has 0 unspecified atom stereocenters. The van der Waals surface area contributed by atoms with Crippen molar-refractivity contribution in [3.63, 3.8) is 0 Å². The number of carbonyl (C=O) groups is 2. The number of hydrogen-bond acceptors (Lipinski definition) is 5. The molecule has 0 bridgehead atoms. The van der Waals surface area contributed by atoms with Gasteiger partial charge in [-0.05, 0) is 48.2 Å². The lowest BCUT2D eigenvalue weighted by Crippen LogP contribution is -2.35. The molecule has 0 radical (unpaired) electrons. The SMILES string of the molecule is CCOc1ccc(C2=C(Nc3ccc(C(C)C)cc3)C(=O)N(CCOC)C2=O)cc1. The number of rotatable bonds is 9. The minimum atomic E-state index is -0.353. The summed E-state index contributed by atoms with van der Waals surface area (Å²) in [5.74, 6) is 0.446. The molecule has 2 aromatic rings. The summed E-state index contributed by atoms with van der Waals surface area (Å²) in [7, 11) is 1.54. The number of ether oxygens (including phenoxy) is 2. The summed E-state index contributed by atoms with van der Waals surface area (Å²) in [6, 6.07) is 15.1. The maximum atomic E-state index is 13.1. The van der Waals surface area contributed by atoms with Gasteiger partial charge in [0.2, 0.25) is 0 Å². The number of imide groups is 1. The molecule has 0 fully saturated rings. The predicted molar refractivity (Wildman–Crippen MR) is 117 cm³/mol. The Morgan fingerprint density at radius 2 is 1.63 bits per heavy atom. The number of hydrogen-bond donors (Lipinski definition) is 1. The van der Waals surface area contributed by atoms with Crippen LogP contribution >= 0.6 is 0 Å². The second-order valence-electron chi connectivity index (χ2n) is 7.36. The standard InChI is InChI=1S/C24H28N2O4/c1-5-30-20-12-8-18(9-13-20)21-22(24(28)26(23(21)27)14-15-29-4)25-19-10-6-17(7-11-19)16(2)3/h6-13,16,25H,5,14-15H2,1-4H3. The van der Waals surface area contributed by atoms with Crippen molar-refractivity contribution in [1.29, 1.82) is 0 Å². The fraction of sp³-hybridized carbons (Fsp3) is 0.333. The van der Waals surface area contributed by atoms with E-state index in [4.69, 9.17) is 9.47 Å². The molecular formula is C24H28N2O4. The van der Waals surface area contributed by atoms with E-state index in [1.807, 2.05) is 31.2 Å². The number of nitrogens with zero attached hydrogens (tertiary/aromatic N) is 1. The van der Waals surface area contributed by atoms with Crippen LogP contribution in [0.2, 0.25) is 0 Å². The molecule has 0 saturated heterocycles. The van der Waals surface area contributed by atoms with Gasteiger partial charge >= 0.3 is 0 Å². The average Bonchev–Trinajstić information content (AvgIpc) is 2.97. The van der Waals surface area contributed by atoms with Gasteiger partial charge in [0.15, 0.2) is 0 Å². The Morgan fingerprint density at radius 3 is 2.20 bits per heavy atom. The molecule has 1 N–H and O–H groups in total. The first kappa shape index (κ1) is 21.6. The van der Waals surface area contributed by atoms with E-state index in [0.29, 0.717) is 29.4 Å². The molecule has 2 aromatic carbocycles. The molecule has 0 aromatic heterocycles. The highest BCUT2D eigenvalue weighted by molar-refractivity contribution is 6.36. The number of methoxy groups -OCH3 is 1. The average molecular weight is 408 g/mol. The van der Waals surface area contributed by atoms with Gasteiger partial charge < -0.3 is 14.8 Å². The number of carbonyl (C=O) groups excluding carboxylic acids is 2. The monoisotopic (exact) mass is 408 g/mol. The largest absolute Gasteiger partial charge is 0.494 e. The van der Waals surface area contributed by atoms with E-state index in [9.17, 15) is 9.59 Å². The zero-order valence-electron chi connectivity index (χ0n) is 17.9. The fourth-order valence-corrected chi connectivity index (χ4v) is 3.33. The van der Waals surface area contributed by atoms with E-state index in [1.165, 1.54) is 10.5 Å². The van der Waals surface area contributed by atoms with Gasteiger partial charge in [0.25, 0.3) is 11.8 Å². The van der Waals surface area contributed by atoms with Gasteiger partial charge in [0.05, 0.1) is 25.3 Å². The van der Waals surface area contributed by atoms with E-state index in [0.717, 1.165) is 5.69 Å². The van der Waals surface area contributed by atoms with Crippen LogP contribution in [0.1, 0.15) is 37.8 Å². The molecule has 6 heteroatoms. The lowest BCUT2D eigenvalue weighted by molar-refractivity contribution is -0.137. The maximum Gasteiger partial charge on any atom is 0.278 e. The Labute approximate surface area is 177 Å². The van der Waals surface area contributed by atoms with Gasteiger partial charge in [0, 0.05) is 12.8 Å². The van der Waals surface area contributed by atoms with E-state index < -0.39 is 0 Å². The Morgan fingerprint density at radius 1 is 0.967 bits per heavy atom. The molecular weight excluding hydrogens is 380 g/mol. The molecule has 0 spiro atoms. The van der Waals surface area contributed by atoms with Crippen molar-refractivity contribution >= 4 is 23.1 Å². The zero-order chi connectivity index (χ0) is 21.7. The molecule has 158 valence electrons. The Kier molecular flexibility index (Phi) is 6.90. The van der Waals surface area contributed by atoms with Crippen LogP contribution in [-0.4, -0.2) is 43.6 Å². The summed E-state index contributed by atoms with van der Waals surface area (Å²) < 4.78 is 10.6. The van der Waals surface area contributed by atoms with Gasteiger partial charge in [-0.15, -0.1) is 0 Å². The van der Waals surface area contributed by atoms with Crippen LogP contribution in [0.15, 0.2) is 54.2 Å². The molecule has 1 aliphatic heterocycles. The highest BCUT2D eigenvalue weighted by Crippen LogP contribution is 2.31. The Balaban J connectivity index is 1.97. The first-order valence-corrected chi connectivity index (χ1v) is 10.2. The summed E-state index contributed by atoms with van der Waals surface area (Å²) >= 11 is 0. The summed E-state index contributed by atoms with van der Waals surface area (Å²) in [5.41, 5.74) is 3.26. The Hall–Kier alpha value is -3.12. The van der Waals surface area contributed by atoms with Gasteiger partial charge in [-0.1, -0.05) is 38.1 Å². The van der Waals surface area contributed by atoms with Crippen molar-refractivity contribution in [3.05, 3.63) is 65.4 Å². The van der Waals surface area contributed by atoms with Crippen molar-refractivity contribution in [1.82, 2.24) is 4.90 Å². The molecule has 2 amide bonds. The third-order valence-corrected chi connectivity index (χ3v) is 4.99. The van der Waals surface area contributed by atoms with Crippen LogP contribution in [-0.2, 0) is 14.3 Å². The van der Waals surface area contributed by atoms with Crippen molar-refractivity contribution in [2.45, 2.75) is 26.7 Å². The van der Waals surface area contributed by atoms with E-state index >= 15 is 0 Å². The predicted octanol–water partition coefficient (Wildman–Crippen LogP) is 4.05. The minimum Gasteiger partial charge on any atom is -0.494 e. The fourth-order valence-electron chi connectivity index (χ4n) is 3.33. The zero-order valence-corrected chi connectivity index (χ0v) is 17.9. The summed E-state index contributed by atoms with van der Waals surface area (Å²) in [4.78, 5) is 27.4. The molecule has 0 saturated carbocycles. The number of amides is 2. The van der Waals surface area contributed by atoms with Crippen molar-refractivity contribution in [2.75, 3.05) is 32.2 Å². The number of anilines is 1. The van der Waals surface area contributed by atoms with Crippen LogP contribution in [0.3, 0.4) is 0 Å². The van der Waals surface area contributed by atoms with Gasteiger partial charge in [-0.25, -0.2) is 0 Å². The van der Waals surface area contributed by atoms with Crippen LogP contribution in [0.25, 0.3) is 5.57 Å². The first-order chi connectivity index (χ1) is 14.5. The molecule has 3 rings (SSSR count). The quantitative estimate of drug-likeness (QED) is 0.634. The smallest absolute Gasteiger partial charge is 0.278 e. The van der Waals surface area contributed by atoms with Crippen molar-refractivity contribution in [3.8, 4) is 5.75 Å². The van der Waals surface area contributed by atoms with E-state index in [1.54, 1.807) is 31.4 Å². The number of nitrogens with one attached hydrogen (secondary N) is 1. The topological polar surface area (TPSA) is 67.9 Å². The number of benzene rings is 2. The van der Waals surface area contributed by atoms with Gasteiger partial charge in [-0.2, -0.15) is 0 Å². The first-order valence-electron chi connectivity index (χ1n) is 10.2. The second-order valence-corrected chi connectivity index (χ2v) is 7.36.